The predicted molar refractivity (Wildman–Crippen MR) is 168 cm³/mol. The third-order valence-electron chi connectivity index (χ3n) is 8.75. The van der Waals surface area contributed by atoms with Gasteiger partial charge >= 0.3 is 0 Å². The van der Waals surface area contributed by atoms with Crippen molar-refractivity contribution >= 4 is 17.5 Å². The van der Waals surface area contributed by atoms with Gasteiger partial charge < -0.3 is 10.2 Å². The van der Waals surface area contributed by atoms with E-state index < -0.39 is 5.82 Å². The van der Waals surface area contributed by atoms with Gasteiger partial charge in [0.05, 0.1) is 17.8 Å². The lowest BCUT2D eigenvalue weighted by Crippen LogP contribution is -2.62. The molecule has 5 rings (SSSR count). The molecule has 0 spiro atoms. The summed E-state index contributed by atoms with van der Waals surface area (Å²) in [5, 5.41) is 12.6. The Morgan fingerprint density at radius 3 is 2.26 bits per heavy atom. The summed E-state index contributed by atoms with van der Waals surface area (Å²) in [6.45, 7) is 11.4. The van der Waals surface area contributed by atoms with Crippen LogP contribution in [-0.4, -0.2) is 39.0 Å². The van der Waals surface area contributed by atoms with E-state index in [1.54, 1.807) is 6.07 Å². The largest absolute Gasteiger partial charge is 0.347 e. The monoisotopic (exact) mass is 562 g/mol. The van der Waals surface area contributed by atoms with Crippen LogP contribution in [0.2, 0.25) is 0 Å². The average molecular weight is 563 g/mol. The van der Waals surface area contributed by atoms with E-state index in [1.807, 2.05) is 37.3 Å². The van der Waals surface area contributed by atoms with Crippen molar-refractivity contribution in [2.24, 2.45) is 0 Å². The van der Waals surface area contributed by atoms with Gasteiger partial charge in [-0.15, -0.1) is 0 Å². The number of aryl methyl sites for hydroxylation is 1. The summed E-state index contributed by atoms with van der Waals surface area (Å²) in [5.41, 5.74) is 5.33. The number of rotatable bonds is 7. The second-order valence-corrected chi connectivity index (χ2v) is 12.6. The van der Waals surface area contributed by atoms with Crippen molar-refractivity contribution in [3.05, 3.63) is 102 Å². The molecule has 0 saturated carbocycles. The quantitative estimate of drug-likeness (QED) is 0.247. The highest BCUT2D eigenvalue weighted by Gasteiger charge is 2.45. The number of likely N-dealkylation sites (tertiary alicyclic amines) is 1. The SMILES string of the molecule is Cc1ccc(Nc2ncc(F)c(N(Cc3ccc(-c4ccccc4)cc3)C3CC(C)(C)N(C)C(C)(C)C3)n2)cc1C#N. The van der Waals surface area contributed by atoms with Gasteiger partial charge in [0.2, 0.25) is 5.95 Å². The molecule has 1 aliphatic rings. The minimum atomic E-state index is -0.461. The average Bonchev–Trinajstić information content (AvgIpc) is 2.97. The summed E-state index contributed by atoms with van der Waals surface area (Å²) in [4.78, 5) is 13.5. The summed E-state index contributed by atoms with van der Waals surface area (Å²) >= 11 is 0. The second kappa shape index (κ2) is 11.5. The van der Waals surface area contributed by atoms with Crippen LogP contribution >= 0.6 is 0 Å². The second-order valence-electron chi connectivity index (χ2n) is 12.6. The van der Waals surface area contributed by atoms with E-state index in [9.17, 15) is 5.26 Å². The fourth-order valence-corrected chi connectivity index (χ4v) is 6.11. The number of anilines is 3. The number of piperidine rings is 1. The molecule has 1 aromatic heterocycles. The minimum Gasteiger partial charge on any atom is -0.347 e. The zero-order valence-corrected chi connectivity index (χ0v) is 25.3. The van der Waals surface area contributed by atoms with Gasteiger partial charge in [-0.05, 0) is 88.9 Å². The summed E-state index contributed by atoms with van der Waals surface area (Å²) in [6, 6.07) is 26.5. The zero-order chi connectivity index (χ0) is 30.1. The maximum Gasteiger partial charge on any atom is 0.229 e. The number of benzene rings is 3. The van der Waals surface area contributed by atoms with Crippen molar-refractivity contribution in [3.63, 3.8) is 0 Å². The van der Waals surface area contributed by atoms with Gasteiger partial charge in [-0.3, -0.25) is 4.90 Å². The molecule has 2 heterocycles. The van der Waals surface area contributed by atoms with Crippen LogP contribution in [0.15, 0.2) is 79.0 Å². The Hall–Kier alpha value is -4.28. The van der Waals surface area contributed by atoms with Crippen LogP contribution in [0, 0.1) is 24.1 Å². The third kappa shape index (κ3) is 6.14. The molecule has 1 aliphatic heterocycles. The molecule has 7 heteroatoms. The van der Waals surface area contributed by atoms with Crippen molar-refractivity contribution in [2.75, 3.05) is 17.3 Å². The third-order valence-corrected chi connectivity index (χ3v) is 8.75. The highest BCUT2D eigenvalue weighted by Crippen LogP contribution is 2.41. The zero-order valence-electron chi connectivity index (χ0n) is 25.3. The first-order valence-electron chi connectivity index (χ1n) is 14.4. The molecule has 4 aromatic rings. The summed E-state index contributed by atoms with van der Waals surface area (Å²) < 4.78 is 15.7. The number of nitriles is 1. The van der Waals surface area contributed by atoms with Crippen LogP contribution in [0.1, 0.15) is 57.2 Å². The maximum absolute atomic E-state index is 15.7. The van der Waals surface area contributed by atoms with Crippen molar-refractivity contribution in [1.82, 2.24) is 14.9 Å². The Labute approximate surface area is 248 Å². The molecular formula is C35H39FN6. The number of nitrogens with zero attached hydrogens (tertiary/aromatic N) is 5. The van der Waals surface area contributed by atoms with Crippen LogP contribution in [0.3, 0.4) is 0 Å². The highest BCUT2D eigenvalue weighted by atomic mass is 19.1. The number of hydrogen-bond donors (Lipinski definition) is 1. The fraction of sp³-hybridized carbons (Fsp3) is 0.343. The molecule has 0 amide bonds. The molecule has 0 aliphatic carbocycles. The van der Waals surface area contributed by atoms with Crippen LogP contribution < -0.4 is 10.2 Å². The molecule has 3 aromatic carbocycles. The fourth-order valence-electron chi connectivity index (χ4n) is 6.11. The summed E-state index contributed by atoms with van der Waals surface area (Å²) in [5.74, 6) is 0.0982. The lowest BCUT2D eigenvalue weighted by Gasteiger charge is -2.55. The highest BCUT2D eigenvalue weighted by molar-refractivity contribution is 5.64. The molecule has 1 N–H and O–H groups in total. The molecule has 0 radical (unpaired) electrons. The molecule has 0 atom stereocenters. The van der Waals surface area contributed by atoms with Crippen LogP contribution in [0.4, 0.5) is 21.8 Å². The van der Waals surface area contributed by atoms with Gasteiger partial charge in [-0.1, -0.05) is 60.7 Å². The van der Waals surface area contributed by atoms with Gasteiger partial charge in [0.1, 0.15) is 0 Å². The maximum atomic E-state index is 15.7. The van der Waals surface area contributed by atoms with Gasteiger partial charge in [-0.2, -0.15) is 10.2 Å². The Balaban J connectivity index is 1.51. The number of halogens is 1. The minimum absolute atomic E-state index is 0.0433. The molecule has 216 valence electrons. The van der Waals surface area contributed by atoms with Crippen LogP contribution in [0.5, 0.6) is 0 Å². The molecule has 0 unspecified atom stereocenters. The van der Waals surface area contributed by atoms with E-state index >= 15 is 4.39 Å². The van der Waals surface area contributed by atoms with Crippen molar-refractivity contribution in [3.8, 4) is 17.2 Å². The molecule has 42 heavy (non-hydrogen) atoms. The van der Waals surface area contributed by atoms with Crippen molar-refractivity contribution in [1.29, 1.82) is 5.26 Å². The molecule has 1 fully saturated rings. The van der Waals surface area contributed by atoms with E-state index in [1.165, 1.54) is 6.20 Å². The molecule has 0 bridgehead atoms. The first-order chi connectivity index (χ1) is 20.0. The van der Waals surface area contributed by atoms with E-state index in [0.29, 0.717) is 17.8 Å². The van der Waals surface area contributed by atoms with Crippen LogP contribution in [-0.2, 0) is 6.54 Å². The lowest BCUT2D eigenvalue weighted by atomic mass is 9.77. The van der Waals surface area contributed by atoms with Gasteiger partial charge in [0.15, 0.2) is 11.6 Å². The Morgan fingerprint density at radius 1 is 0.976 bits per heavy atom. The standard InChI is InChI=1S/C35H39FN6/c1-24-12-17-29(18-28(24)21-37)39-33-38-22-31(36)32(40-33)42(30-19-34(2,3)41(6)35(4,5)20-30)23-25-13-15-27(16-14-25)26-10-8-7-9-11-26/h7-18,22,30H,19-20,23H2,1-6H3,(H,38,39,40). The topological polar surface area (TPSA) is 68.1 Å². The van der Waals surface area contributed by atoms with Gasteiger partial charge in [0, 0.05) is 29.4 Å². The van der Waals surface area contributed by atoms with Crippen LogP contribution in [0.25, 0.3) is 11.1 Å². The van der Waals surface area contributed by atoms with E-state index in [2.05, 4.69) is 97.3 Å². The Bertz CT molecular complexity index is 1570. The first kappa shape index (κ1) is 29.2. The van der Waals surface area contributed by atoms with Gasteiger partial charge in [0.25, 0.3) is 0 Å². The van der Waals surface area contributed by atoms with Crippen molar-refractivity contribution < 1.29 is 4.39 Å². The normalized spacial score (nSPS) is 16.5. The van der Waals surface area contributed by atoms with E-state index in [0.717, 1.165) is 35.1 Å². The Kier molecular flexibility index (Phi) is 8.03. The number of hydrogen-bond acceptors (Lipinski definition) is 6. The first-order valence-corrected chi connectivity index (χ1v) is 14.4. The predicted octanol–water partition coefficient (Wildman–Crippen LogP) is 7.86. The number of aromatic nitrogens is 2. The van der Waals surface area contributed by atoms with E-state index in [-0.39, 0.29) is 28.9 Å². The summed E-state index contributed by atoms with van der Waals surface area (Å²) in [7, 11) is 2.17. The lowest BCUT2D eigenvalue weighted by molar-refractivity contribution is -0.0132. The smallest absolute Gasteiger partial charge is 0.229 e. The Morgan fingerprint density at radius 2 is 1.62 bits per heavy atom. The summed E-state index contributed by atoms with van der Waals surface area (Å²) in [6.07, 6.45) is 2.94. The van der Waals surface area contributed by atoms with Gasteiger partial charge in [-0.25, -0.2) is 9.37 Å². The molecule has 6 nitrogen and oxygen atoms in total. The van der Waals surface area contributed by atoms with E-state index in [4.69, 9.17) is 4.98 Å². The molecule has 1 saturated heterocycles. The molecular weight excluding hydrogens is 523 g/mol. The van der Waals surface area contributed by atoms with Crippen molar-refractivity contribution in [2.45, 2.75) is 71.1 Å². The number of nitrogens with one attached hydrogen (secondary N) is 1.